The van der Waals surface area contributed by atoms with Crippen molar-refractivity contribution < 1.29 is 14.3 Å². The number of halogens is 1. The zero-order chi connectivity index (χ0) is 20.3. The van der Waals surface area contributed by atoms with Crippen LogP contribution in [-0.4, -0.2) is 61.9 Å². The van der Waals surface area contributed by atoms with E-state index in [4.69, 9.17) is 16.3 Å². The van der Waals surface area contributed by atoms with Crippen LogP contribution in [0.3, 0.4) is 0 Å². The molecule has 0 aliphatic carbocycles. The minimum atomic E-state index is -0.196. The molecule has 2 atom stereocenters. The van der Waals surface area contributed by atoms with E-state index in [1.54, 1.807) is 20.4 Å². The van der Waals surface area contributed by atoms with E-state index in [1.807, 2.05) is 6.92 Å². The highest BCUT2D eigenvalue weighted by atomic mass is 35.5. The molecule has 1 fully saturated rings. The number of nitrogens with zero attached hydrogens (tertiary/aromatic N) is 3. The van der Waals surface area contributed by atoms with Gasteiger partial charge in [-0.1, -0.05) is 29.9 Å². The Morgan fingerprint density at radius 3 is 2.86 bits per heavy atom. The first-order chi connectivity index (χ1) is 13.5. The van der Waals surface area contributed by atoms with E-state index in [0.29, 0.717) is 41.7 Å². The number of ether oxygens (including phenoxy) is 1. The number of anilines is 1. The Bertz CT molecular complexity index is 822. The van der Waals surface area contributed by atoms with E-state index in [-0.39, 0.29) is 24.0 Å². The van der Waals surface area contributed by atoms with Gasteiger partial charge in [-0.3, -0.25) is 9.59 Å². The lowest BCUT2D eigenvalue weighted by molar-refractivity contribution is -0.116. The topological polar surface area (TPSA) is 95.9 Å². The van der Waals surface area contributed by atoms with Gasteiger partial charge in [-0.25, -0.2) is 9.98 Å². The molecule has 1 aromatic rings. The number of thiazole rings is 1. The summed E-state index contributed by atoms with van der Waals surface area (Å²) in [6.45, 7) is 3.28. The van der Waals surface area contributed by atoms with Crippen molar-refractivity contribution in [1.29, 1.82) is 0 Å². The van der Waals surface area contributed by atoms with Gasteiger partial charge in [-0.15, -0.1) is 0 Å². The van der Waals surface area contributed by atoms with Crippen molar-refractivity contribution >= 4 is 45.6 Å². The van der Waals surface area contributed by atoms with E-state index in [1.165, 1.54) is 11.3 Å². The van der Waals surface area contributed by atoms with Gasteiger partial charge in [0.15, 0.2) is 5.13 Å². The maximum atomic E-state index is 12.6. The lowest BCUT2D eigenvalue weighted by Gasteiger charge is -2.37. The first-order valence-electron chi connectivity index (χ1n) is 9.18. The van der Waals surface area contributed by atoms with Crippen LogP contribution in [0.1, 0.15) is 35.9 Å². The van der Waals surface area contributed by atoms with E-state index in [9.17, 15) is 9.59 Å². The number of carbonyl (C=O) groups excluding carboxylic acids is 2. The number of rotatable bonds is 6. The fourth-order valence-electron chi connectivity index (χ4n) is 3.30. The molecular weight excluding hydrogens is 402 g/mol. The smallest absolute Gasteiger partial charge is 0.266 e. The van der Waals surface area contributed by atoms with Crippen molar-refractivity contribution in [2.75, 3.05) is 32.1 Å². The summed E-state index contributed by atoms with van der Waals surface area (Å²) < 4.78 is 5.62. The summed E-state index contributed by atoms with van der Waals surface area (Å²) in [6.07, 6.45) is 3.37. The maximum Gasteiger partial charge on any atom is 0.266 e. The number of methoxy groups -OCH3 is 1. The SMILES string of the molecule is CCC1=C(Cl)N=C(C(=O)NC2CCN(c3ncc(C(=O)NC)s3)C[C@@H]2OC)C1. The van der Waals surface area contributed by atoms with E-state index < -0.39 is 0 Å². The number of carbonyl (C=O) groups is 2. The third-order valence-corrected chi connectivity index (χ3v) is 6.40. The standard InChI is InChI=1S/C18H24ClN5O3S/c1-4-10-7-12(22-15(10)19)16(25)23-11-5-6-24(9-13(11)27-3)18-21-8-14(28-18)17(26)20-2/h8,11,13H,4-7,9H2,1-3H3,(H,20,26)(H,23,25)/t11?,13-/m0/s1. The van der Waals surface area contributed by atoms with E-state index >= 15 is 0 Å². The van der Waals surface area contributed by atoms with Gasteiger partial charge >= 0.3 is 0 Å². The fourth-order valence-corrected chi connectivity index (χ4v) is 4.50. The minimum absolute atomic E-state index is 0.126. The number of aliphatic imine (C=N–C) groups is 1. The summed E-state index contributed by atoms with van der Waals surface area (Å²) in [4.78, 5) is 35.5. The number of allylic oxidation sites excluding steroid dienone is 1. The van der Waals surface area contributed by atoms with Crippen LogP contribution in [-0.2, 0) is 9.53 Å². The molecule has 2 aliphatic heterocycles. The third kappa shape index (κ3) is 4.37. The molecule has 0 bridgehead atoms. The first-order valence-corrected chi connectivity index (χ1v) is 10.4. The second-order valence-corrected chi connectivity index (χ2v) is 8.03. The van der Waals surface area contributed by atoms with Gasteiger partial charge in [0.25, 0.3) is 11.8 Å². The second-order valence-electron chi connectivity index (χ2n) is 6.66. The average molecular weight is 426 g/mol. The first kappa shape index (κ1) is 20.8. The Morgan fingerprint density at radius 2 is 2.21 bits per heavy atom. The number of hydrogen-bond acceptors (Lipinski definition) is 7. The molecule has 10 heteroatoms. The summed E-state index contributed by atoms with van der Waals surface area (Å²) in [6, 6.07) is -0.126. The van der Waals surface area contributed by atoms with E-state index in [0.717, 1.165) is 17.1 Å². The third-order valence-electron chi connectivity index (χ3n) is 4.99. The van der Waals surface area contributed by atoms with Crippen molar-refractivity contribution in [3.8, 4) is 0 Å². The number of hydrogen-bond donors (Lipinski definition) is 2. The van der Waals surface area contributed by atoms with Crippen LogP contribution in [0.4, 0.5) is 5.13 Å². The van der Waals surface area contributed by atoms with Crippen LogP contribution in [0.2, 0.25) is 0 Å². The molecular formula is C18H24ClN5O3S. The van der Waals surface area contributed by atoms with Crippen LogP contribution in [0.5, 0.6) is 0 Å². The van der Waals surface area contributed by atoms with Gasteiger partial charge in [-0.05, 0) is 18.4 Å². The normalized spacial score (nSPS) is 22.3. The number of piperidine rings is 1. The molecule has 1 unspecified atom stereocenters. The number of aromatic nitrogens is 1. The molecule has 152 valence electrons. The molecule has 2 aliphatic rings. The van der Waals surface area contributed by atoms with E-state index in [2.05, 4.69) is 25.5 Å². The molecule has 0 radical (unpaired) electrons. The molecule has 3 heterocycles. The highest BCUT2D eigenvalue weighted by Gasteiger charge is 2.33. The van der Waals surface area contributed by atoms with Gasteiger partial charge in [0, 0.05) is 33.7 Å². The highest BCUT2D eigenvalue weighted by Crippen LogP contribution is 2.28. The average Bonchev–Trinajstić information content (AvgIpc) is 3.34. The predicted molar refractivity (Wildman–Crippen MR) is 110 cm³/mol. The zero-order valence-electron chi connectivity index (χ0n) is 16.1. The van der Waals surface area contributed by atoms with Crippen molar-refractivity contribution in [3.63, 3.8) is 0 Å². The van der Waals surface area contributed by atoms with Crippen molar-refractivity contribution in [1.82, 2.24) is 15.6 Å². The van der Waals surface area contributed by atoms with Gasteiger partial charge in [0.05, 0.1) is 18.3 Å². The van der Waals surface area contributed by atoms with Crippen molar-refractivity contribution in [2.45, 2.75) is 38.3 Å². The molecule has 0 aromatic carbocycles. The minimum Gasteiger partial charge on any atom is -0.377 e. The van der Waals surface area contributed by atoms with Crippen LogP contribution < -0.4 is 15.5 Å². The number of amides is 2. The van der Waals surface area contributed by atoms with Crippen LogP contribution >= 0.6 is 22.9 Å². The predicted octanol–water partition coefficient (Wildman–Crippen LogP) is 1.92. The monoisotopic (exact) mass is 425 g/mol. The Balaban J connectivity index is 1.61. The van der Waals surface area contributed by atoms with Crippen LogP contribution in [0.15, 0.2) is 21.9 Å². The molecule has 0 spiro atoms. The summed E-state index contributed by atoms with van der Waals surface area (Å²) in [5.41, 5.74) is 1.44. The fraction of sp³-hybridized carbons (Fsp3) is 0.556. The zero-order valence-corrected chi connectivity index (χ0v) is 17.7. The summed E-state index contributed by atoms with van der Waals surface area (Å²) in [5, 5.41) is 6.85. The maximum absolute atomic E-state index is 12.6. The Morgan fingerprint density at radius 1 is 1.43 bits per heavy atom. The Hall–Kier alpha value is -1.97. The Labute approximate surface area is 173 Å². The molecule has 1 saturated heterocycles. The second kappa shape index (κ2) is 9.02. The van der Waals surface area contributed by atoms with Gasteiger partial charge in [-0.2, -0.15) is 0 Å². The lowest BCUT2D eigenvalue weighted by Crippen LogP contribution is -2.55. The molecule has 1 aromatic heterocycles. The van der Waals surface area contributed by atoms with Crippen molar-refractivity contribution in [3.05, 3.63) is 21.8 Å². The molecule has 28 heavy (non-hydrogen) atoms. The molecule has 8 nitrogen and oxygen atoms in total. The van der Waals surface area contributed by atoms with Crippen LogP contribution in [0, 0.1) is 0 Å². The number of nitrogens with one attached hydrogen (secondary N) is 2. The molecule has 0 saturated carbocycles. The molecule has 3 rings (SSSR count). The molecule has 2 amide bonds. The lowest BCUT2D eigenvalue weighted by atomic mass is 10.0. The van der Waals surface area contributed by atoms with Gasteiger partial charge in [0.2, 0.25) is 0 Å². The molecule has 2 N–H and O–H groups in total. The largest absolute Gasteiger partial charge is 0.377 e. The summed E-state index contributed by atoms with van der Waals surface area (Å²) >= 11 is 7.43. The highest BCUT2D eigenvalue weighted by molar-refractivity contribution is 7.17. The quantitative estimate of drug-likeness (QED) is 0.679. The van der Waals surface area contributed by atoms with Crippen LogP contribution in [0.25, 0.3) is 0 Å². The van der Waals surface area contributed by atoms with Gasteiger partial charge < -0.3 is 20.3 Å². The Kier molecular flexibility index (Phi) is 6.69. The van der Waals surface area contributed by atoms with Gasteiger partial charge in [0.1, 0.15) is 15.7 Å². The summed E-state index contributed by atoms with van der Waals surface area (Å²) in [5.74, 6) is -0.344. The summed E-state index contributed by atoms with van der Waals surface area (Å²) in [7, 11) is 3.23. The van der Waals surface area contributed by atoms with Crippen molar-refractivity contribution in [2.24, 2.45) is 4.99 Å².